The molecule has 1 heterocycles. The van der Waals surface area contributed by atoms with E-state index in [1.807, 2.05) is 0 Å². The first-order valence-corrected chi connectivity index (χ1v) is 6.21. The largest absolute Gasteiger partial charge is 0.591 e. The highest BCUT2D eigenvalue weighted by molar-refractivity contribution is 7.91. The van der Waals surface area contributed by atoms with Gasteiger partial charge in [-0.1, -0.05) is 4.40 Å². The molecule has 100 valence electrons. The molecule has 0 fully saturated rings. The third-order valence-corrected chi connectivity index (χ3v) is 3.24. The lowest BCUT2D eigenvalue weighted by Crippen LogP contribution is -2.25. The predicted octanol–water partition coefficient (Wildman–Crippen LogP) is 2.98. The van der Waals surface area contributed by atoms with Crippen molar-refractivity contribution in [3.63, 3.8) is 0 Å². The maximum absolute atomic E-state index is 12.2. The smallest absolute Gasteiger partial charge is 0.433 e. The van der Waals surface area contributed by atoms with Crippen LogP contribution in [0.25, 0.3) is 0 Å². The lowest BCUT2D eigenvalue weighted by molar-refractivity contribution is -0.141. The molecule has 0 N–H and O–H groups in total. The Labute approximate surface area is 106 Å². The highest BCUT2D eigenvalue weighted by Crippen LogP contribution is 2.27. The Bertz CT molecular complexity index is 423. The molecule has 1 rings (SSSR count). The van der Waals surface area contributed by atoms with Crippen molar-refractivity contribution in [2.24, 2.45) is 4.40 Å². The van der Waals surface area contributed by atoms with E-state index in [2.05, 4.69) is 9.38 Å². The molecule has 7 heteroatoms. The van der Waals surface area contributed by atoms with Crippen LogP contribution in [-0.2, 0) is 17.5 Å². The van der Waals surface area contributed by atoms with Crippen molar-refractivity contribution < 1.29 is 17.7 Å². The minimum atomic E-state index is -4.45. The van der Waals surface area contributed by atoms with Crippen LogP contribution in [0.1, 0.15) is 32.0 Å². The van der Waals surface area contributed by atoms with Gasteiger partial charge in [0.2, 0.25) is 0 Å². The SMILES string of the molecule is CC(C)(C)[S+]([O-])N=Cc1ccc(C(F)(F)F)nc1. The zero-order chi connectivity index (χ0) is 14.0. The van der Waals surface area contributed by atoms with Crippen LogP contribution in [0.4, 0.5) is 13.2 Å². The van der Waals surface area contributed by atoms with Gasteiger partial charge in [-0.25, -0.2) is 0 Å². The third-order valence-electron chi connectivity index (χ3n) is 1.90. The molecule has 3 nitrogen and oxygen atoms in total. The molecule has 0 aromatic carbocycles. The van der Waals surface area contributed by atoms with Crippen LogP contribution in [0, 0.1) is 0 Å². The number of halogens is 3. The number of rotatable bonds is 2. The van der Waals surface area contributed by atoms with E-state index in [1.54, 1.807) is 20.8 Å². The summed E-state index contributed by atoms with van der Waals surface area (Å²) in [7, 11) is 0. The molecular formula is C11H13F3N2OS. The Morgan fingerprint density at radius 1 is 1.28 bits per heavy atom. The molecule has 0 aliphatic carbocycles. The molecule has 0 spiro atoms. The molecule has 0 saturated heterocycles. The molecule has 1 unspecified atom stereocenters. The molecule has 0 aliphatic rings. The molecule has 18 heavy (non-hydrogen) atoms. The summed E-state index contributed by atoms with van der Waals surface area (Å²) >= 11 is -1.44. The first-order valence-electron chi connectivity index (χ1n) is 5.10. The number of hydrogen-bond acceptors (Lipinski definition) is 3. The van der Waals surface area contributed by atoms with Gasteiger partial charge in [0.05, 0.1) is 6.21 Å². The van der Waals surface area contributed by atoms with Gasteiger partial charge in [0, 0.05) is 11.8 Å². The first-order chi connectivity index (χ1) is 8.10. The third kappa shape index (κ3) is 4.30. The van der Waals surface area contributed by atoms with Crippen molar-refractivity contribution in [2.45, 2.75) is 31.7 Å². The molecule has 0 aliphatic heterocycles. The summed E-state index contributed by atoms with van der Waals surface area (Å²) in [5.41, 5.74) is -0.586. The molecule has 0 radical (unpaired) electrons. The van der Waals surface area contributed by atoms with Crippen molar-refractivity contribution >= 4 is 17.6 Å². The lowest BCUT2D eigenvalue weighted by Gasteiger charge is -2.17. The van der Waals surface area contributed by atoms with Crippen LogP contribution in [0.3, 0.4) is 0 Å². The van der Waals surface area contributed by atoms with E-state index in [0.717, 1.165) is 12.3 Å². The summed E-state index contributed by atoms with van der Waals surface area (Å²) in [5.74, 6) is 0. The zero-order valence-corrected chi connectivity index (χ0v) is 11.0. The van der Waals surface area contributed by atoms with Crippen molar-refractivity contribution in [3.8, 4) is 0 Å². The van der Waals surface area contributed by atoms with Gasteiger partial charge in [0.1, 0.15) is 21.8 Å². The second kappa shape index (κ2) is 5.27. The Morgan fingerprint density at radius 2 is 1.89 bits per heavy atom. The van der Waals surface area contributed by atoms with E-state index >= 15 is 0 Å². The van der Waals surface area contributed by atoms with Gasteiger partial charge >= 0.3 is 6.18 Å². The standard InChI is InChI=1S/C11H13F3N2OS/c1-10(2,3)18(17)16-7-8-4-5-9(15-6-8)11(12,13)14/h4-7H,1-3H3. The molecule has 1 atom stereocenters. The first kappa shape index (κ1) is 15.0. The van der Waals surface area contributed by atoms with Crippen LogP contribution in [0.2, 0.25) is 0 Å². The quantitative estimate of drug-likeness (QED) is 0.617. The fraction of sp³-hybridized carbons (Fsp3) is 0.455. The maximum Gasteiger partial charge on any atom is 0.433 e. The zero-order valence-electron chi connectivity index (χ0n) is 10.2. The summed E-state index contributed by atoms with van der Waals surface area (Å²) in [4.78, 5) is 3.27. The molecule has 0 saturated carbocycles. The van der Waals surface area contributed by atoms with Crippen LogP contribution >= 0.6 is 0 Å². The van der Waals surface area contributed by atoms with E-state index in [4.69, 9.17) is 0 Å². The summed E-state index contributed by atoms with van der Waals surface area (Å²) in [5, 5.41) is 0. The van der Waals surface area contributed by atoms with Crippen LogP contribution < -0.4 is 0 Å². The van der Waals surface area contributed by atoms with Gasteiger partial charge < -0.3 is 4.55 Å². The predicted molar refractivity (Wildman–Crippen MR) is 64.7 cm³/mol. The van der Waals surface area contributed by atoms with Crippen LogP contribution in [-0.4, -0.2) is 20.5 Å². The van der Waals surface area contributed by atoms with Gasteiger partial charge in [0.15, 0.2) is 0 Å². The van der Waals surface area contributed by atoms with Crippen LogP contribution in [0.5, 0.6) is 0 Å². The molecule has 1 aromatic rings. The minimum Gasteiger partial charge on any atom is -0.591 e. The lowest BCUT2D eigenvalue weighted by atomic mass is 10.2. The van der Waals surface area contributed by atoms with E-state index in [1.165, 1.54) is 12.3 Å². The summed E-state index contributed by atoms with van der Waals surface area (Å²) < 4.78 is 51.6. The van der Waals surface area contributed by atoms with E-state index < -0.39 is 28.0 Å². The number of hydrogen-bond donors (Lipinski definition) is 0. The Morgan fingerprint density at radius 3 is 2.28 bits per heavy atom. The van der Waals surface area contributed by atoms with E-state index in [0.29, 0.717) is 5.56 Å². The average Bonchev–Trinajstić information content (AvgIpc) is 2.24. The molecule has 0 bridgehead atoms. The van der Waals surface area contributed by atoms with Gasteiger partial charge in [-0.2, -0.15) is 13.2 Å². The molecule has 0 amide bonds. The molecular weight excluding hydrogens is 265 g/mol. The Kier molecular flexibility index (Phi) is 4.39. The maximum atomic E-state index is 12.2. The van der Waals surface area contributed by atoms with E-state index in [9.17, 15) is 17.7 Å². The Hall–Kier alpha value is -1.08. The summed E-state index contributed by atoms with van der Waals surface area (Å²) in [6.07, 6.45) is -2.15. The number of nitrogens with zero attached hydrogens (tertiary/aromatic N) is 2. The van der Waals surface area contributed by atoms with Crippen LogP contribution in [0.15, 0.2) is 22.7 Å². The Balaban J connectivity index is 2.79. The van der Waals surface area contributed by atoms with Gasteiger partial charge in [-0.15, -0.1) is 0 Å². The fourth-order valence-electron chi connectivity index (χ4n) is 0.916. The van der Waals surface area contributed by atoms with Crippen molar-refractivity contribution in [2.75, 3.05) is 0 Å². The van der Waals surface area contributed by atoms with E-state index in [-0.39, 0.29) is 0 Å². The minimum absolute atomic E-state index is 0.376. The van der Waals surface area contributed by atoms with Crippen molar-refractivity contribution in [1.29, 1.82) is 0 Å². The number of pyridine rings is 1. The number of aromatic nitrogens is 1. The molecule has 1 aromatic heterocycles. The van der Waals surface area contributed by atoms with Crippen molar-refractivity contribution in [3.05, 3.63) is 29.6 Å². The highest BCUT2D eigenvalue weighted by Gasteiger charge is 2.32. The van der Waals surface area contributed by atoms with Crippen molar-refractivity contribution in [1.82, 2.24) is 4.98 Å². The second-order valence-electron chi connectivity index (χ2n) is 4.57. The average molecular weight is 278 g/mol. The van der Waals surface area contributed by atoms with Gasteiger partial charge in [-0.3, -0.25) is 4.98 Å². The topological polar surface area (TPSA) is 48.3 Å². The summed E-state index contributed by atoms with van der Waals surface area (Å²) in [6.45, 7) is 5.27. The normalized spacial score (nSPS) is 15.1. The highest BCUT2D eigenvalue weighted by atomic mass is 32.2. The van der Waals surface area contributed by atoms with Gasteiger partial charge in [-0.05, 0) is 32.9 Å². The number of alkyl halides is 3. The van der Waals surface area contributed by atoms with Gasteiger partial charge in [0.25, 0.3) is 0 Å². The monoisotopic (exact) mass is 278 g/mol. The fourth-order valence-corrected chi connectivity index (χ4v) is 1.45. The second-order valence-corrected chi connectivity index (χ2v) is 6.50. The summed E-state index contributed by atoms with van der Waals surface area (Å²) in [6, 6.07) is 2.10.